The van der Waals surface area contributed by atoms with Crippen LogP contribution in [0.5, 0.6) is 23.0 Å². The van der Waals surface area contributed by atoms with Crippen molar-refractivity contribution in [2.75, 3.05) is 25.2 Å². The third kappa shape index (κ3) is 5.54. The highest BCUT2D eigenvalue weighted by Crippen LogP contribution is 2.39. The number of carbonyl (C=O) groups is 2. The number of hydrogen-bond donors (Lipinski definition) is 2. The van der Waals surface area contributed by atoms with E-state index in [0.29, 0.717) is 47.0 Å². The molecule has 1 aliphatic heterocycles. The fourth-order valence-electron chi connectivity index (χ4n) is 5.68. The second-order valence-corrected chi connectivity index (χ2v) is 10.5. The molecule has 1 fully saturated rings. The van der Waals surface area contributed by atoms with Crippen molar-refractivity contribution >= 4 is 28.5 Å². The largest absolute Gasteiger partial charge is 0.504 e. The molecule has 1 aliphatic carbocycles. The molecule has 4 aromatic rings. The molecule has 0 spiro atoms. The van der Waals surface area contributed by atoms with Gasteiger partial charge in [-0.15, -0.1) is 5.10 Å². The number of phenolic OH excluding ortho intramolecular Hbond substituents is 1. The highest BCUT2D eigenvalue weighted by Gasteiger charge is 2.35. The van der Waals surface area contributed by atoms with Gasteiger partial charge in [0.2, 0.25) is 11.8 Å². The molecular formula is C31H33N5O6. The lowest BCUT2D eigenvalue weighted by Crippen LogP contribution is -2.48. The normalized spacial score (nSPS) is 15.6. The van der Waals surface area contributed by atoms with Gasteiger partial charge in [0.05, 0.1) is 12.6 Å². The number of aromatic hydroxyl groups is 1. The van der Waals surface area contributed by atoms with Crippen molar-refractivity contribution in [3.05, 3.63) is 66.2 Å². The second-order valence-electron chi connectivity index (χ2n) is 10.5. The molecule has 3 aromatic carbocycles. The second kappa shape index (κ2) is 12.0. The molecule has 11 nitrogen and oxygen atoms in total. The van der Waals surface area contributed by atoms with Crippen molar-refractivity contribution in [2.24, 2.45) is 0 Å². The van der Waals surface area contributed by atoms with Crippen LogP contribution in [0.25, 0.3) is 11.0 Å². The Morgan fingerprint density at radius 2 is 1.83 bits per heavy atom. The highest BCUT2D eigenvalue weighted by molar-refractivity contribution is 6.02. The van der Waals surface area contributed by atoms with Crippen molar-refractivity contribution in [2.45, 2.75) is 50.7 Å². The van der Waals surface area contributed by atoms with E-state index in [0.717, 1.165) is 32.1 Å². The topological polar surface area (TPSA) is 128 Å². The Morgan fingerprint density at radius 3 is 2.62 bits per heavy atom. The van der Waals surface area contributed by atoms with Crippen LogP contribution in [0.3, 0.4) is 0 Å². The van der Waals surface area contributed by atoms with Gasteiger partial charge in [-0.2, -0.15) is 0 Å². The molecule has 6 rings (SSSR count). The number of fused-ring (bicyclic) bond motifs is 2. The van der Waals surface area contributed by atoms with Crippen molar-refractivity contribution in [1.29, 1.82) is 0 Å². The average molecular weight is 572 g/mol. The predicted molar refractivity (Wildman–Crippen MR) is 155 cm³/mol. The van der Waals surface area contributed by atoms with E-state index in [4.69, 9.17) is 14.2 Å². The first kappa shape index (κ1) is 27.4. The van der Waals surface area contributed by atoms with E-state index in [9.17, 15) is 14.7 Å². The fourth-order valence-corrected chi connectivity index (χ4v) is 5.68. The summed E-state index contributed by atoms with van der Waals surface area (Å²) in [6, 6.07) is 16.2. The van der Waals surface area contributed by atoms with Gasteiger partial charge in [0.25, 0.3) is 0 Å². The van der Waals surface area contributed by atoms with Gasteiger partial charge >= 0.3 is 0 Å². The Morgan fingerprint density at radius 1 is 1.05 bits per heavy atom. The molecule has 1 aromatic heterocycles. The Balaban J connectivity index is 1.45. The summed E-state index contributed by atoms with van der Waals surface area (Å²) >= 11 is 0. The summed E-state index contributed by atoms with van der Waals surface area (Å²) in [5, 5.41) is 22.3. The minimum atomic E-state index is -1.12. The van der Waals surface area contributed by atoms with Crippen LogP contribution < -0.4 is 24.4 Å². The summed E-state index contributed by atoms with van der Waals surface area (Å²) in [6.45, 7) is 0.615. The van der Waals surface area contributed by atoms with Crippen LogP contribution in [-0.4, -0.2) is 58.3 Å². The molecule has 218 valence electrons. The first-order valence-corrected chi connectivity index (χ1v) is 14.2. The van der Waals surface area contributed by atoms with Crippen molar-refractivity contribution in [3.63, 3.8) is 0 Å². The Labute approximate surface area is 243 Å². The number of carbonyl (C=O) groups excluding carboxylic acids is 2. The van der Waals surface area contributed by atoms with Gasteiger partial charge in [0, 0.05) is 17.8 Å². The first-order chi connectivity index (χ1) is 20.5. The molecule has 2 heterocycles. The molecule has 2 amide bonds. The van der Waals surface area contributed by atoms with Gasteiger partial charge in [-0.3, -0.25) is 14.5 Å². The highest BCUT2D eigenvalue weighted by atomic mass is 16.6. The van der Waals surface area contributed by atoms with Gasteiger partial charge in [0.1, 0.15) is 31.3 Å². The summed E-state index contributed by atoms with van der Waals surface area (Å²) in [5.74, 6) is 0.412. The summed E-state index contributed by atoms with van der Waals surface area (Å²) in [4.78, 5) is 30.0. The van der Waals surface area contributed by atoms with E-state index in [1.807, 2.05) is 24.3 Å². The number of anilines is 1. The lowest BCUT2D eigenvalue weighted by Gasteiger charge is -2.34. The maximum atomic E-state index is 14.3. The molecule has 0 radical (unpaired) electrons. The monoisotopic (exact) mass is 571 g/mol. The lowest BCUT2D eigenvalue weighted by atomic mass is 9.94. The van der Waals surface area contributed by atoms with Crippen LogP contribution in [0, 0.1) is 0 Å². The smallest absolute Gasteiger partial charge is 0.249 e. The fraction of sp³-hybridized carbons (Fsp3) is 0.355. The maximum absolute atomic E-state index is 14.3. The number of nitrogens with one attached hydrogen (secondary N) is 1. The summed E-state index contributed by atoms with van der Waals surface area (Å²) < 4.78 is 18.3. The number of nitrogens with zero attached hydrogens (tertiary/aromatic N) is 4. The minimum absolute atomic E-state index is 0.00271. The molecule has 0 unspecified atom stereocenters. The number of benzene rings is 3. The molecular weight excluding hydrogens is 538 g/mol. The van der Waals surface area contributed by atoms with E-state index in [1.165, 1.54) is 22.8 Å². The van der Waals surface area contributed by atoms with Crippen molar-refractivity contribution in [3.8, 4) is 23.0 Å². The van der Waals surface area contributed by atoms with Crippen molar-refractivity contribution < 1.29 is 28.9 Å². The summed E-state index contributed by atoms with van der Waals surface area (Å²) in [7, 11) is 1.45. The van der Waals surface area contributed by atoms with Crippen LogP contribution in [0.1, 0.15) is 43.7 Å². The van der Waals surface area contributed by atoms with Crippen LogP contribution in [0.15, 0.2) is 60.7 Å². The van der Waals surface area contributed by atoms with Crippen molar-refractivity contribution in [1.82, 2.24) is 20.3 Å². The Hall–Kier alpha value is -4.80. The number of methoxy groups -OCH3 is 1. The molecule has 42 heavy (non-hydrogen) atoms. The molecule has 1 atom stereocenters. The average Bonchev–Trinajstić information content (AvgIpc) is 3.42. The lowest BCUT2D eigenvalue weighted by molar-refractivity contribution is -0.127. The predicted octanol–water partition coefficient (Wildman–Crippen LogP) is 4.14. The third-order valence-corrected chi connectivity index (χ3v) is 7.75. The van der Waals surface area contributed by atoms with Gasteiger partial charge in [-0.05, 0) is 54.8 Å². The van der Waals surface area contributed by atoms with Crippen LogP contribution in [0.4, 0.5) is 5.69 Å². The molecule has 0 bridgehead atoms. The van der Waals surface area contributed by atoms with E-state index in [-0.39, 0.29) is 30.0 Å². The van der Waals surface area contributed by atoms with Crippen LogP contribution in [0.2, 0.25) is 0 Å². The zero-order valence-electron chi connectivity index (χ0n) is 23.4. The quantitative estimate of drug-likeness (QED) is 0.323. The molecule has 0 saturated heterocycles. The number of rotatable bonds is 8. The standard InChI is InChI=1S/C31H33N5O6/c1-40-26-13-11-20(17-25(26)37)30(31(39)32-21-7-3-2-4-8-21)36(22-12-14-27-28(18-22)42-16-15-41-27)29(38)19-35-24-10-6-5-9-23(24)33-34-35/h5-6,9-14,17-18,21,30,37H,2-4,7-8,15-16,19H2,1H3,(H,32,39)/t30-/m0/s1. The number of hydrogen-bond acceptors (Lipinski definition) is 8. The SMILES string of the molecule is COc1ccc([C@@H](C(=O)NC2CCCCC2)N(C(=O)Cn2nnc3ccccc32)c2ccc3c(c2)OCCO3)cc1O. The zero-order valence-corrected chi connectivity index (χ0v) is 23.4. The zero-order chi connectivity index (χ0) is 29.1. The van der Waals surface area contributed by atoms with Crippen LogP contribution in [-0.2, 0) is 16.1 Å². The number of ether oxygens (including phenoxy) is 3. The summed E-state index contributed by atoms with van der Waals surface area (Å²) in [6.07, 6.45) is 4.94. The summed E-state index contributed by atoms with van der Waals surface area (Å²) in [5.41, 5.74) is 2.21. The minimum Gasteiger partial charge on any atom is -0.504 e. The van der Waals surface area contributed by atoms with Gasteiger partial charge < -0.3 is 24.6 Å². The molecule has 2 N–H and O–H groups in total. The molecule has 2 aliphatic rings. The number of para-hydroxylation sites is 1. The molecule has 11 heteroatoms. The van der Waals surface area contributed by atoms with E-state index < -0.39 is 11.9 Å². The Bertz CT molecular complexity index is 1600. The number of aromatic nitrogens is 3. The number of phenols is 1. The van der Waals surface area contributed by atoms with E-state index in [1.54, 1.807) is 30.3 Å². The Kier molecular flexibility index (Phi) is 7.81. The van der Waals surface area contributed by atoms with E-state index >= 15 is 0 Å². The van der Waals surface area contributed by atoms with Gasteiger partial charge in [0.15, 0.2) is 23.0 Å². The van der Waals surface area contributed by atoms with Gasteiger partial charge in [-0.1, -0.05) is 42.7 Å². The third-order valence-electron chi connectivity index (χ3n) is 7.75. The van der Waals surface area contributed by atoms with Crippen LogP contribution >= 0.6 is 0 Å². The van der Waals surface area contributed by atoms with Gasteiger partial charge in [-0.25, -0.2) is 4.68 Å². The van der Waals surface area contributed by atoms with E-state index in [2.05, 4.69) is 15.6 Å². The number of amides is 2. The maximum Gasteiger partial charge on any atom is 0.249 e. The molecule has 1 saturated carbocycles. The first-order valence-electron chi connectivity index (χ1n) is 14.2.